The van der Waals surface area contributed by atoms with Crippen molar-refractivity contribution < 1.29 is 4.79 Å². The summed E-state index contributed by atoms with van der Waals surface area (Å²) in [7, 11) is 0. The highest BCUT2D eigenvalue weighted by Crippen LogP contribution is 2.29. The van der Waals surface area contributed by atoms with Crippen molar-refractivity contribution in [1.29, 1.82) is 0 Å². The molecule has 0 atom stereocenters. The molecule has 3 aromatic rings. The zero-order valence-corrected chi connectivity index (χ0v) is 13.2. The summed E-state index contributed by atoms with van der Waals surface area (Å²) >= 11 is 7.30. The lowest BCUT2D eigenvalue weighted by atomic mass is 10.1. The van der Waals surface area contributed by atoms with Gasteiger partial charge in [0.25, 0.3) is 5.91 Å². The third kappa shape index (κ3) is 2.77. The van der Waals surface area contributed by atoms with Crippen LogP contribution in [0.15, 0.2) is 36.4 Å². The number of amides is 1. The topological polar surface area (TPSA) is 42.0 Å². The van der Waals surface area contributed by atoms with Crippen LogP contribution in [0.25, 0.3) is 10.2 Å². The number of carbonyl (C=O) groups excluding carboxylic acids is 1. The zero-order valence-electron chi connectivity index (χ0n) is 11.6. The minimum absolute atomic E-state index is 0.180. The van der Waals surface area contributed by atoms with Crippen molar-refractivity contribution >= 4 is 44.2 Å². The van der Waals surface area contributed by atoms with Crippen molar-refractivity contribution in [1.82, 2.24) is 4.98 Å². The highest BCUT2D eigenvalue weighted by Gasteiger charge is 2.11. The van der Waals surface area contributed by atoms with Crippen LogP contribution in [0.4, 0.5) is 5.13 Å². The number of hydrogen-bond acceptors (Lipinski definition) is 3. The van der Waals surface area contributed by atoms with Gasteiger partial charge in [-0.3, -0.25) is 10.1 Å². The van der Waals surface area contributed by atoms with E-state index in [2.05, 4.69) is 23.3 Å². The molecule has 0 aliphatic heterocycles. The van der Waals surface area contributed by atoms with Gasteiger partial charge in [0.2, 0.25) is 0 Å². The average molecular weight is 317 g/mol. The molecule has 0 aliphatic rings. The molecule has 3 rings (SSSR count). The number of thiazole rings is 1. The lowest BCUT2D eigenvalue weighted by Crippen LogP contribution is -2.11. The molecule has 3 nitrogen and oxygen atoms in total. The van der Waals surface area contributed by atoms with E-state index in [0.717, 1.165) is 15.8 Å². The Morgan fingerprint density at radius 2 is 1.86 bits per heavy atom. The second-order valence-corrected chi connectivity index (χ2v) is 6.30. The second-order valence-electron chi connectivity index (χ2n) is 4.83. The molecule has 0 radical (unpaired) electrons. The van der Waals surface area contributed by atoms with Crippen LogP contribution in [0.5, 0.6) is 0 Å². The van der Waals surface area contributed by atoms with E-state index in [-0.39, 0.29) is 5.91 Å². The fraction of sp³-hybridized carbons (Fsp3) is 0.125. The predicted octanol–water partition coefficient (Wildman–Crippen LogP) is 4.82. The van der Waals surface area contributed by atoms with Crippen molar-refractivity contribution in [2.24, 2.45) is 0 Å². The van der Waals surface area contributed by atoms with E-state index in [4.69, 9.17) is 11.6 Å². The van der Waals surface area contributed by atoms with Crippen LogP contribution in [0.2, 0.25) is 5.02 Å². The molecule has 0 unspecified atom stereocenters. The minimum Gasteiger partial charge on any atom is -0.298 e. The van der Waals surface area contributed by atoms with Gasteiger partial charge in [0, 0.05) is 10.6 Å². The van der Waals surface area contributed by atoms with Gasteiger partial charge in [0.05, 0.1) is 10.2 Å². The lowest BCUT2D eigenvalue weighted by Gasteiger charge is -2.01. The molecule has 1 N–H and O–H groups in total. The summed E-state index contributed by atoms with van der Waals surface area (Å²) < 4.78 is 1.07. The molecule has 106 valence electrons. The number of anilines is 1. The first-order valence-corrected chi connectivity index (χ1v) is 7.68. The summed E-state index contributed by atoms with van der Waals surface area (Å²) in [5, 5.41) is 4.06. The van der Waals surface area contributed by atoms with E-state index < -0.39 is 0 Å². The third-order valence-electron chi connectivity index (χ3n) is 3.41. The standard InChI is InChI=1S/C16H13ClN2OS/c1-9-3-8-13-14(10(9)2)18-16(21-13)19-15(20)11-4-6-12(17)7-5-11/h3-8H,1-2H3,(H,18,19,20). The zero-order chi connectivity index (χ0) is 15.0. The quantitative estimate of drug-likeness (QED) is 0.736. The maximum Gasteiger partial charge on any atom is 0.257 e. The Morgan fingerprint density at radius 1 is 1.14 bits per heavy atom. The van der Waals surface area contributed by atoms with E-state index in [1.54, 1.807) is 24.3 Å². The van der Waals surface area contributed by atoms with Crippen molar-refractivity contribution in [2.45, 2.75) is 13.8 Å². The van der Waals surface area contributed by atoms with Crippen molar-refractivity contribution in [3.63, 3.8) is 0 Å². The molecule has 5 heteroatoms. The summed E-state index contributed by atoms with van der Waals surface area (Å²) in [5.41, 5.74) is 3.86. The van der Waals surface area contributed by atoms with Gasteiger partial charge in [-0.05, 0) is 55.3 Å². The van der Waals surface area contributed by atoms with Crippen molar-refractivity contribution in [3.05, 3.63) is 58.1 Å². The number of fused-ring (bicyclic) bond motifs is 1. The number of carbonyl (C=O) groups is 1. The Hall–Kier alpha value is -1.91. The number of benzene rings is 2. The Labute approximate surface area is 131 Å². The second kappa shape index (κ2) is 5.47. The van der Waals surface area contributed by atoms with Gasteiger partial charge >= 0.3 is 0 Å². The summed E-state index contributed by atoms with van der Waals surface area (Å²) in [6.07, 6.45) is 0. The molecule has 1 amide bonds. The fourth-order valence-electron chi connectivity index (χ4n) is 2.05. The molecule has 0 bridgehead atoms. The normalized spacial score (nSPS) is 10.8. The molecular weight excluding hydrogens is 304 g/mol. The maximum absolute atomic E-state index is 12.2. The number of aromatic nitrogens is 1. The highest BCUT2D eigenvalue weighted by atomic mass is 35.5. The number of aryl methyl sites for hydroxylation is 2. The monoisotopic (exact) mass is 316 g/mol. The van der Waals surface area contributed by atoms with Crippen LogP contribution in [-0.4, -0.2) is 10.9 Å². The van der Waals surface area contributed by atoms with E-state index >= 15 is 0 Å². The number of hydrogen-bond donors (Lipinski definition) is 1. The van der Waals surface area contributed by atoms with Crippen molar-refractivity contribution in [3.8, 4) is 0 Å². The Bertz CT molecular complexity index is 824. The molecular formula is C16H13ClN2OS. The van der Waals surface area contributed by atoms with Crippen LogP contribution in [0, 0.1) is 13.8 Å². The van der Waals surface area contributed by atoms with Gasteiger partial charge in [-0.2, -0.15) is 0 Å². The minimum atomic E-state index is -0.180. The molecule has 21 heavy (non-hydrogen) atoms. The SMILES string of the molecule is Cc1ccc2sc(NC(=O)c3ccc(Cl)cc3)nc2c1C. The number of nitrogens with zero attached hydrogens (tertiary/aromatic N) is 1. The molecule has 0 aliphatic carbocycles. The lowest BCUT2D eigenvalue weighted by molar-refractivity contribution is 0.102. The smallest absolute Gasteiger partial charge is 0.257 e. The molecule has 1 heterocycles. The molecule has 0 saturated carbocycles. The van der Waals surface area contributed by atoms with Crippen LogP contribution in [0.1, 0.15) is 21.5 Å². The largest absolute Gasteiger partial charge is 0.298 e. The molecule has 0 spiro atoms. The summed E-state index contributed by atoms with van der Waals surface area (Å²) in [6.45, 7) is 4.10. The van der Waals surface area contributed by atoms with Gasteiger partial charge in [0.15, 0.2) is 5.13 Å². The first kappa shape index (κ1) is 14.0. The first-order valence-electron chi connectivity index (χ1n) is 6.48. The van der Waals surface area contributed by atoms with Crippen LogP contribution >= 0.6 is 22.9 Å². The van der Waals surface area contributed by atoms with Crippen LogP contribution < -0.4 is 5.32 Å². The molecule has 0 fully saturated rings. The molecule has 0 saturated heterocycles. The Balaban J connectivity index is 1.89. The number of rotatable bonds is 2. The molecule has 1 aromatic heterocycles. The third-order valence-corrected chi connectivity index (χ3v) is 4.60. The van der Waals surface area contributed by atoms with Crippen LogP contribution in [0.3, 0.4) is 0 Å². The number of halogens is 1. The summed E-state index contributed by atoms with van der Waals surface area (Å²) in [4.78, 5) is 16.7. The first-order chi connectivity index (χ1) is 10.0. The van der Waals surface area contributed by atoms with Crippen molar-refractivity contribution in [2.75, 3.05) is 5.32 Å². The van der Waals surface area contributed by atoms with E-state index in [1.165, 1.54) is 16.9 Å². The predicted molar refractivity (Wildman–Crippen MR) is 88.5 cm³/mol. The summed E-state index contributed by atoms with van der Waals surface area (Å²) in [6, 6.07) is 10.9. The van der Waals surface area contributed by atoms with Crippen LogP contribution in [-0.2, 0) is 0 Å². The van der Waals surface area contributed by atoms with E-state index in [1.807, 2.05) is 13.0 Å². The average Bonchev–Trinajstić information content (AvgIpc) is 2.87. The number of nitrogens with one attached hydrogen (secondary N) is 1. The van der Waals surface area contributed by atoms with E-state index in [9.17, 15) is 4.79 Å². The van der Waals surface area contributed by atoms with Gasteiger partial charge in [-0.15, -0.1) is 0 Å². The van der Waals surface area contributed by atoms with Gasteiger partial charge in [-0.25, -0.2) is 4.98 Å². The Kier molecular flexibility index (Phi) is 3.66. The Morgan fingerprint density at radius 3 is 2.57 bits per heavy atom. The van der Waals surface area contributed by atoms with Gasteiger partial charge < -0.3 is 0 Å². The molecule has 2 aromatic carbocycles. The maximum atomic E-state index is 12.2. The van der Waals surface area contributed by atoms with Gasteiger partial charge in [-0.1, -0.05) is 29.0 Å². The fourth-order valence-corrected chi connectivity index (χ4v) is 3.10. The highest BCUT2D eigenvalue weighted by molar-refractivity contribution is 7.22. The summed E-state index contributed by atoms with van der Waals surface area (Å²) in [5.74, 6) is -0.180. The van der Waals surface area contributed by atoms with E-state index in [0.29, 0.717) is 15.7 Å². The van der Waals surface area contributed by atoms with Gasteiger partial charge in [0.1, 0.15) is 0 Å².